The highest BCUT2D eigenvalue weighted by Crippen LogP contribution is 2.27. The normalized spacial score (nSPS) is 13.2. The molecule has 1 atom stereocenters. The third-order valence-corrected chi connectivity index (χ3v) is 4.82. The summed E-state index contributed by atoms with van der Waals surface area (Å²) in [7, 11) is -2.33. The average Bonchev–Trinajstić information content (AvgIpc) is 2.43. The van der Waals surface area contributed by atoms with Crippen LogP contribution in [0.3, 0.4) is 0 Å². The van der Waals surface area contributed by atoms with Crippen molar-refractivity contribution in [3.8, 4) is 0 Å². The minimum Gasteiger partial charge on any atom is -0.388 e. The highest BCUT2D eigenvalue weighted by atomic mass is 32.2. The van der Waals surface area contributed by atoms with E-state index in [1.54, 1.807) is 7.05 Å². The summed E-state index contributed by atoms with van der Waals surface area (Å²) in [6, 6.07) is 3.70. The second-order valence-electron chi connectivity index (χ2n) is 5.07. The van der Waals surface area contributed by atoms with E-state index in [0.717, 1.165) is 0 Å². The summed E-state index contributed by atoms with van der Waals surface area (Å²) in [5.74, 6) is 0.0976. The molecule has 0 aliphatic carbocycles. The molecule has 0 spiro atoms. The van der Waals surface area contributed by atoms with Gasteiger partial charge >= 0.3 is 0 Å². The quantitative estimate of drug-likeness (QED) is 0.594. The molecular formula is C13H21N3O4S. The number of rotatable bonds is 7. The van der Waals surface area contributed by atoms with E-state index in [4.69, 9.17) is 0 Å². The van der Waals surface area contributed by atoms with Crippen LogP contribution in [0, 0.1) is 16.0 Å². The molecule has 1 aromatic rings. The maximum Gasteiger partial charge on any atom is 0.291 e. The Hall–Kier alpha value is -1.67. The molecule has 0 saturated heterocycles. The lowest BCUT2D eigenvalue weighted by Gasteiger charge is -2.20. The minimum absolute atomic E-state index is 0.0976. The van der Waals surface area contributed by atoms with Crippen LogP contribution in [0.1, 0.15) is 27.2 Å². The molecule has 0 bridgehead atoms. The van der Waals surface area contributed by atoms with Crippen molar-refractivity contribution in [2.45, 2.75) is 38.1 Å². The summed E-state index contributed by atoms with van der Waals surface area (Å²) in [5, 5.41) is 13.9. The molecule has 0 fully saturated rings. The summed E-state index contributed by atoms with van der Waals surface area (Å²) in [5.41, 5.74) is 0.0458. The van der Waals surface area contributed by atoms with Crippen LogP contribution in [0.25, 0.3) is 0 Å². The van der Waals surface area contributed by atoms with E-state index in [1.807, 2.05) is 20.8 Å². The number of nitro groups is 1. The number of benzene rings is 1. The molecule has 0 saturated carbocycles. The first-order valence-electron chi connectivity index (χ1n) is 6.71. The van der Waals surface area contributed by atoms with Crippen molar-refractivity contribution >= 4 is 21.4 Å². The molecule has 0 amide bonds. The van der Waals surface area contributed by atoms with Crippen LogP contribution >= 0.6 is 0 Å². The van der Waals surface area contributed by atoms with Crippen LogP contribution in [0.4, 0.5) is 11.4 Å². The first-order chi connectivity index (χ1) is 9.72. The van der Waals surface area contributed by atoms with Gasteiger partial charge in [-0.25, -0.2) is 13.1 Å². The molecule has 21 heavy (non-hydrogen) atoms. The number of nitro benzene ring substituents is 1. The second kappa shape index (κ2) is 6.86. The Morgan fingerprint density at radius 1 is 1.33 bits per heavy atom. The van der Waals surface area contributed by atoms with Gasteiger partial charge in [-0.2, -0.15) is 0 Å². The Morgan fingerprint density at radius 3 is 2.38 bits per heavy atom. The van der Waals surface area contributed by atoms with Gasteiger partial charge in [0.2, 0.25) is 10.0 Å². The topological polar surface area (TPSA) is 101 Å². The average molecular weight is 315 g/mol. The summed E-state index contributed by atoms with van der Waals surface area (Å²) in [4.78, 5) is 10.1. The number of hydrogen-bond donors (Lipinski definition) is 2. The zero-order valence-electron chi connectivity index (χ0n) is 12.6. The molecule has 1 rings (SSSR count). The van der Waals surface area contributed by atoms with Crippen molar-refractivity contribution in [3.63, 3.8) is 0 Å². The molecule has 118 valence electrons. The smallest absolute Gasteiger partial charge is 0.291 e. The highest BCUT2D eigenvalue weighted by Gasteiger charge is 2.28. The van der Waals surface area contributed by atoms with Gasteiger partial charge < -0.3 is 5.32 Å². The van der Waals surface area contributed by atoms with Gasteiger partial charge in [-0.3, -0.25) is 10.1 Å². The molecule has 2 N–H and O–H groups in total. The number of hydrogen-bond acceptors (Lipinski definition) is 5. The standard InChI is InChI=1S/C13H21N3O4S/c1-5-11(9(2)3)15-21(19,20)13-7-6-10(14-4)8-12(13)16(17)18/h6-9,11,14-15H,5H2,1-4H3. The van der Waals surface area contributed by atoms with Crippen molar-refractivity contribution in [1.29, 1.82) is 0 Å². The van der Waals surface area contributed by atoms with Crippen molar-refractivity contribution in [1.82, 2.24) is 4.72 Å². The summed E-state index contributed by atoms with van der Waals surface area (Å²) in [6.45, 7) is 5.66. The predicted molar refractivity (Wildman–Crippen MR) is 81.9 cm³/mol. The second-order valence-corrected chi connectivity index (χ2v) is 6.75. The molecule has 8 heteroatoms. The van der Waals surface area contributed by atoms with Crippen molar-refractivity contribution in [3.05, 3.63) is 28.3 Å². The van der Waals surface area contributed by atoms with E-state index in [-0.39, 0.29) is 16.9 Å². The van der Waals surface area contributed by atoms with Gasteiger partial charge in [0, 0.05) is 24.8 Å². The zero-order chi connectivity index (χ0) is 16.2. The number of nitrogens with zero attached hydrogens (tertiary/aromatic N) is 1. The molecule has 0 radical (unpaired) electrons. The minimum atomic E-state index is -3.94. The number of anilines is 1. The Morgan fingerprint density at radius 2 is 1.95 bits per heavy atom. The van der Waals surface area contributed by atoms with Crippen LogP contribution in [-0.4, -0.2) is 26.4 Å². The molecule has 1 aromatic carbocycles. The summed E-state index contributed by atoms with van der Waals surface area (Å²) < 4.78 is 27.3. The van der Waals surface area contributed by atoms with Gasteiger partial charge in [0.25, 0.3) is 5.69 Å². The SMILES string of the molecule is CCC(NS(=O)(=O)c1ccc(NC)cc1[N+](=O)[O-])C(C)C. The van der Waals surface area contributed by atoms with Gasteiger partial charge in [-0.05, 0) is 24.5 Å². The van der Waals surface area contributed by atoms with Gasteiger partial charge in [0.05, 0.1) is 4.92 Å². The van der Waals surface area contributed by atoms with Gasteiger partial charge in [0.15, 0.2) is 4.90 Å². The van der Waals surface area contributed by atoms with Crippen molar-refractivity contribution in [2.24, 2.45) is 5.92 Å². The largest absolute Gasteiger partial charge is 0.388 e. The monoisotopic (exact) mass is 315 g/mol. The molecular weight excluding hydrogens is 294 g/mol. The van der Waals surface area contributed by atoms with E-state index in [0.29, 0.717) is 12.1 Å². The number of nitrogens with one attached hydrogen (secondary N) is 2. The fourth-order valence-corrected chi connectivity index (χ4v) is 3.62. The van der Waals surface area contributed by atoms with Crippen molar-refractivity contribution in [2.75, 3.05) is 12.4 Å². The lowest BCUT2D eigenvalue weighted by atomic mass is 10.0. The van der Waals surface area contributed by atoms with E-state index in [1.165, 1.54) is 18.2 Å². The molecule has 7 nitrogen and oxygen atoms in total. The van der Waals surface area contributed by atoms with Crippen LogP contribution in [-0.2, 0) is 10.0 Å². The fraction of sp³-hybridized carbons (Fsp3) is 0.538. The van der Waals surface area contributed by atoms with Gasteiger partial charge in [-0.1, -0.05) is 20.8 Å². The van der Waals surface area contributed by atoms with Crippen molar-refractivity contribution < 1.29 is 13.3 Å². The van der Waals surface area contributed by atoms with E-state index < -0.39 is 20.6 Å². The van der Waals surface area contributed by atoms with Crippen LogP contribution in [0.15, 0.2) is 23.1 Å². The lowest BCUT2D eigenvalue weighted by Crippen LogP contribution is -2.38. The first kappa shape index (κ1) is 17.4. The predicted octanol–water partition coefficient (Wildman–Crippen LogP) is 2.35. The Kier molecular flexibility index (Phi) is 5.68. The molecule has 0 aliphatic rings. The summed E-state index contributed by atoms with van der Waals surface area (Å²) >= 11 is 0. The van der Waals surface area contributed by atoms with E-state index in [2.05, 4.69) is 10.0 Å². The molecule has 0 aliphatic heterocycles. The Labute approximate surface area is 124 Å². The third-order valence-electron chi connectivity index (χ3n) is 3.28. The zero-order valence-corrected chi connectivity index (χ0v) is 13.4. The number of sulfonamides is 1. The molecule has 0 heterocycles. The lowest BCUT2D eigenvalue weighted by molar-refractivity contribution is -0.387. The van der Waals surface area contributed by atoms with E-state index >= 15 is 0 Å². The van der Waals surface area contributed by atoms with Crippen LogP contribution in [0.2, 0.25) is 0 Å². The highest BCUT2D eigenvalue weighted by molar-refractivity contribution is 7.89. The summed E-state index contributed by atoms with van der Waals surface area (Å²) in [6.07, 6.45) is 0.610. The molecule has 1 unspecified atom stereocenters. The Balaban J connectivity index is 3.28. The first-order valence-corrected chi connectivity index (χ1v) is 8.19. The fourth-order valence-electron chi connectivity index (χ4n) is 2.00. The maximum absolute atomic E-state index is 12.4. The third kappa shape index (κ3) is 4.15. The van der Waals surface area contributed by atoms with Gasteiger partial charge in [0.1, 0.15) is 0 Å². The molecule has 0 aromatic heterocycles. The van der Waals surface area contributed by atoms with E-state index in [9.17, 15) is 18.5 Å². The maximum atomic E-state index is 12.4. The Bertz CT molecular complexity index is 614. The van der Waals surface area contributed by atoms with Crippen LogP contribution < -0.4 is 10.0 Å². The van der Waals surface area contributed by atoms with Crippen LogP contribution in [0.5, 0.6) is 0 Å². The van der Waals surface area contributed by atoms with Gasteiger partial charge in [-0.15, -0.1) is 0 Å².